The maximum absolute atomic E-state index is 14.4. The van der Waals surface area contributed by atoms with E-state index in [0.29, 0.717) is 59.5 Å². The van der Waals surface area contributed by atoms with Gasteiger partial charge in [0.2, 0.25) is 0 Å². The molecule has 0 heterocycles. The number of nitrogens with zero attached hydrogens (tertiary/aromatic N) is 2. The van der Waals surface area contributed by atoms with Crippen molar-refractivity contribution in [3.63, 3.8) is 0 Å². The summed E-state index contributed by atoms with van der Waals surface area (Å²) in [6.45, 7) is 23.4. The van der Waals surface area contributed by atoms with Gasteiger partial charge < -0.3 is 38.2 Å². The Morgan fingerprint density at radius 3 is 0.848 bits per heavy atom. The van der Waals surface area contributed by atoms with Gasteiger partial charge in [-0.3, -0.25) is 0 Å². The first-order chi connectivity index (χ1) is 31.6. The van der Waals surface area contributed by atoms with Gasteiger partial charge in [-0.1, -0.05) is 104 Å². The van der Waals surface area contributed by atoms with Crippen molar-refractivity contribution in [2.75, 3.05) is 67.7 Å². The van der Waals surface area contributed by atoms with Crippen LogP contribution in [-0.2, 0) is 30.3 Å². The van der Waals surface area contributed by atoms with Crippen molar-refractivity contribution >= 4 is 11.9 Å². The van der Waals surface area contributed by atoms with Gasteiger partial charge in [0.15, 0.2) is 11.2 Å². The fourth-order valence-corrected chi connectivity index (χ4v) is 8.92. The second-order valence-electron chi connectivity index (χ2n) is 19.0. The number of methoxy groups -OCH3 is 4. The Kier molecular flexibility index (Phi) is 21.1. The smallest absolute Gasteiger partial charge is 0.332 e. The SMILES string of the molecule is COc1ccc(C(CCCN(CC(C)C)CC(C)C)(OC(=O)/C=C\C(=O)OC(CCCN(CC(C)C)CC(C)C)(c2ccc(OC)cc2)c2ccc(OC)cc2)c2ccc(OC)cc2)cc1. The number of benzene rings is 4. The van der Waals surface area contributed by atoms with Crippen molar-refractivity contribution < 1.29 is 38.0 Å². The molecule has 0 aliphatic carbocycles. The minimum atomic E-state index is -1.22. The highest BCUT2D eigenvalue weighted by atomic mass is 16.6. The number of rotatable bonds is 28. The summed E-state index contributed by atoms with van der Waals surface area (Å²) < 4.78 is 35.5. The molecule has 0 saturated carbocycles. The van der Waals surface area contributed by atoms with Crippen LogP contribution in [-0.4, -0.2) is 89.4 Å². The van der Waals surface area contributed by atoms with Gasteiger partial charge in [-0.05, 0) is 111 Å². The molecule has 4 aromatic rings. The summed E-state index contributed by atoms with van der Waals surface area (Å²) in [6, 6.07) is 30.5. The normalized spacial score (nSPS) is 12.2. The minimum Gasteiger partial charge on any atom is -0.497 e. The molecular formula is C56H78N2O8. The molecule has 0 aliphatic heterocycles. The third-order valence-corrected chi connectivity index (χ3v) is 11.6. The summed E-state index contributed by atoms with van der Waals surface area (Å²) in [5.74, 6) is 3.35. The van der Waals surface area contributed by atoms with Crippen molar-refractivity contribution in [1.82, 2.24) is 9.80 Å². The highest BCUT2D eigenvalue weighted by Crippen LogP contribution is 2.42. The minimum absolute atomic E-state index is 0.477. The number of carbonyl (C=O) groups is 2. The summed E-state index contributed by atoms with van der Waals surface area (Å²) >= 11 is 0. The monoisotopic (exact) mass is 907 g/mol. The molecule has 0 aliphatic rings. The van der Waals surface area contributed by atoms with Crippen LogP contribution in [0.2, 0.25) is 0 Å². The second-order valence-corrected chi connectivity index (χ2v) is 19.0. The Morgan fingerprint density at radius 1 is 0.424 bits per heavy atom. The number of hydrogen-bond acceptors (Lipinski definition) is 10. The van der Waals surface area contributed by atoms with Crippen LogP contribution >= 0.6 is 0 Å². The van der Waals surface area contributed by atoms with Crippen molar-refractivity contribution in [2.24, 2.45) is 23.7 Å². The summed E-state index contributed by atoms with van der Waals surface area (Å²) in [4.78, 5) is 33.8. The average Bonchev–Trinajstić information content (AvgIpc) is 3.29. The van der Waals surface area contributed by atoms with Gasteiger partial charge in [-0.2, -0.15) is 0 Å². The molecule has 360 valence electrons. The molecule has 0 amide bonds. The van der Waals surface area contributed by atoms with Crippen molar-refractivity contribution in [3.05, 3.63) is 131 Å². The van der Waals surface area contributed by atoms with Gasteiger partial charge in [-0.15, -0.1) is 0 Å². The largest absolute Gasteiger partial charge is 0.497 e. The molecule has 0 bridgehead atoms. The van der Waals surface area contributed by atoms with Gasteiger partial charge >= 0.3 is 11.9 Å². The fourth-order valence-electron chi connectivity index (χ4n) is 8.92. The Bertz CT molecular complexity index is 1790. The van der Waals surface area contributed by atoms with E-state index in [1.165, 1.54) is 12.2 Å². The van der Waals surface area contributed by atoms with Crippen LogP contribution in [0.3, 0.4) is 0 Å². The van der Waals surface area contributed by atoms with Crippen molar-refractivity contribution in [1.29, 1.82) is 0 Å². The van der Waals surface area contributed by atoms with E-state index in [0.717, 1.165) is 74.4 Å². The third-order valence-electron chi connectivity index (χ3n) is 11.6. The van der Waals surface area contributed by atoms with E-state index in [9.17, 15) is 9.59 Å². The molecular weight excluding hydrogens is 829 g/mol. The number of carbonyl (C=O) groups excluding carboxylic acids is 2. The van der Waals surface area contributed by atoms with Gasteiger partial charge in [0.25, 0.3) is 0 Å². The first-order valence-electron chi connectivity index (χ1n) is 23.7. The first-order valence-corrected chi connectivity index (χ1v) is 23.7. The number of esters is 2. The molecule has 0 fully saturated rings. The van der Waals surface area contributed by atoms with Crippen LogP contribution < -0.4 is 18.9 Å². The van der Waals surface area contributed by atoms with Crippen molar-refractivity contribution in [2.45, 2.75) is 92.3 Å². The molecule has 10 nitrogen and oxygen atoms in total. The van der Waals surface area contributed by atoms with E-state index in [2.05, 4.69) is 65.2 Å². The molecule has 10 heteroatoms. The summed E-state index contributed by atoms with van der Waals surface area (Å²) in [5, 5.41) is 0. The zero-order chi connectivity index (χ0) is 48.3. The maximum Gasteiger partial charge on any atom is 0.332 e. The Balaban J connectivity index is 1.77. The lowest BCUT2D eigenvalue weighted by molar-refractivity contribution is -0.154. The zero-order valence-corrected chi connectivity index (χ0v) is 41.9. The van der Waals surface area contributed by atoms with Crippen molar-refractivity contribution in [3.8, 4) is 23.0 Å². The van der Waals surface area contributed by atoms with Gasteiger partial charge in [0.1, 0.15) is 23.0 Å². The van der Waals surface area contributed by atoms with Gasteiger partial charge in [0.05, 0.1) is 28.4 Å². The van der Waals surface area contributed by atoms with Crippen LogP contribution in [0, 0.1) is 23.7 Å². The van der Waals surface area contributed by atoms with E-state index in [4.69, 9.17) is 28.4 Å². The lowest BCUT2D eigenvalue weighted by Crippen LogP contribution is -2.37. The maximum atomic E-state index is 14.4. The molecule has 0 unspecified atom stereocenters. The average molecular weight is 907 g/mol. The Morgan fingerprint density at radius 2 is 0.652 bits per heavy atom. The van der Waals surface area contributed by atoms with Gasteiger partial charge in [0, 0.05) is 60.6 Å². The van der Waals surface area contributed by atoms with Crippen LogP contribution in [0.4, 0.5) is 0 Å². The quantitative estimate of drug-likeness (QED) is 0.0405. The first kappa shape index (κ1) is 53.3. The highest BCUT2D eigenvalue weighted by molar-refractivity contribution is 5.92. The van der Waals surface area contributed by atoms with Crippen LogP contribution in [0.15, 0.2) is 109 Å². The summed E-state index contributed by atoms with van der Waals surface area (Å²) in [6.07, 6.45) is 4.79. The zero-order valence-electron chi connectivity index (χ0n) is 41.9. The van der Waals surface area contributed by atoms with Crippen LogP contribution in [0.1, 0.15) is 103 Å². The predicted octanol–water partition coefficient (Wildman–Crippen LogP) is 11.3. The lowest BCUT2D eigenvalue weighted by Gasteiger charge is -2.36. The molecule has 0 spiro atoms. The molecule has 0 N–H and O–H groups in total. The van der Waals surface area contributed by atoms with E-state index in [1.807, 2.05) is 97.1 Å². The molecule has 0 atom stereocenters. The molecule has 4 rings (SSSR count). The molecule has 66 heavy (non-hydrogen) atoms. The van der Waals surface area contributed by atoms with Crippen LogP contribution in [0.25, 0.3) is 0 Å². The van der Waals surface area contributed by atoms with E-state index in [1.54, 1.807) is 28.4 Å². The standard InChI is InChI=1S/C56H78N2O8/c1-41(2)37-57(38-42(3)4)35-13-33-55(45-15-23-49(61-9)24-16-45,46-17-25-50(62-10)26-18-46)65-53(59)31-32-54(60)66-56(47-19-27-51(63-11)28-20-47,48-21-29-52(64-12)30-22-48)34-14-36-58(39-43(5)6)40-44(7)8/h15-32,41-44H,13-14,33-40H2,1-12H3/b32-31-. The number of hydrogen-bond donors (Lipinski definition) is 0. The number of ether oxygens (including phenoxy) is 6. The molecule has 0 radical (unpaired) electrons. The predicted molar refractivity (Wildman–Crippen MR) is 266 cm³/mol. The summed E-state index contributed by atoms with van der Waals surface area (Å²) in [7, 11) is 6.50. The molecule has 0 saturated heterocycles. The van der Waals surface area contributed by atoms with E-state index < -0.39 is 23.1 Å². The third kappa shape index (κ3) is 15.7. The van der Waals surface area contributed by atoms with Gasteiger partial charge in [-0.25, -0.2) is 9.59 Å². The highest BCUT2D eigenvalue weighted by Gasteiger charge is 2.40. The van der Waals surface area contributed by atoms with E-state index >= 15 is 0 Å². The summed E-state index contributed by atoms with van der Waals surface area (Å²) in [5.41, 5.74) is 0.661. The topological polar surface area (TPSA) is 96.0 Å². The Hall–Kier alpha value is -5.32. The molecule has 4 aromatic carbocycles. The second kappa shape index (κ2) is 26.1. The fraction of sp³-hybridized carbons (Fsp3) is 0.500. The van der Waals surface area contributed by atoms with Crippen LogP contribution in [0.5, 0.6) is 23.0 Å². The lowest BCUT2D eigenvalue weighted by atomic mass is 9.82. The molecule has 0 aromatic heterocycles. The Labute approximate surface area is 396 Å². The van der Waals surface area contributed by atoms with E-state index in [-0.39, 0.29) is 0 Å².